The molecule has 1 aliphatic carbocycles. The number of carboxylic acids is 2. The van der Waals surface area contributed by atoms with Gasteiger partial charge in [-0.1, -0.05) is 0 Å². The number of amides is 1. The third-order valence-corrected chi connectivity index (χ3v) is 3.08. The Labute approximate surface area is 107 Å². The first-order chi connectivity index (χ1) is 8.71. The van der Waals surface area contributed by atoms with Gasteiger partial charge in [-0.05, 0) is 12.8 Å². The van der Waals surface area contributed by atoms with Crippen molar-refractivity contribution in [3.05, 3.63) is 0 Å². The van der Waals surface area contributed by atoms with E-state index in [2.05, 4.69) is 5.32 Å². The number of nitrogens with one attached hydrogen (secondary N) is 1. The fraction of sp³-hybridized carbons (Fsp3) is 0.727. The lowest BCUT2D eigenvalue weighted by Crippen LogP contribution is -2.46. The third-order valence-electron chi connectivity index (χ3n) is 3.08. The molecule has 0 radical (unpaired) electrons. The van der Waals surface area contributed by atoms with Crippen molar-refractivity contribution >= 4 is 17.8 Å². The van der Waals surface area contributed by atoms with Crippen LogP contribution in [-0.2, 0) is 14.4 Å². The Morgan fingerprint density at radius 3 is 2.16 bits per heavy atom. The van der Waals surface area contributed by atoms with Crippen LogP contribution in [0.5, 0.6) is 0 Å². The number of hydrogen-bond acceptors (Lipinski definition) is 3. The normalized spacial score (nSPS) is 20.5. The van der Waals surface area contributed by atoms with Crippen LogP contribution >= 0.6 is 0 Å². The van der Waals surface area contributed by atoms with Gasteiger partial charge < -0.3 is 15.5 Å². The highest BCUT2D eigenvalue weighted by molar-refractivity contribution is 5.87. The second kappa shape index (κ2) is 5.94. The van der Waals surface area contributed by atoms with E-state index in [0.717, 1.165) is 0 Å². The summed E-state index contributed by atoms with van der Waals surface area (Å²) in [7, 11) is 0. The number of hydrogen-bond donors (Lipinski definition) is 3. The Kier molecular flexibility index (Phi) is 4.79. The Hall–Kier alpha value is -1.73. The van der Waals surface area contributed by atoms with Crippen molar-refractivity contribution in [3.8, 4) is 0 Å². The van der Waals surface area contributed by atoms with Gasteiger partial charge in [-0.2, -0.15) is 0 Å². The highest BCUT2D eigenvalue weighted by Gasteiger charge is 2.38. The lowest BCUT2D eigenvalue weighted by molar-refractivity contribution is -0.148. The summed E-state index contributed by atoms with van der Waals surface area (Å²) in [4.78, 5) is 32.9. The molecule has 0 saturated heterocycles. The van der Waals surface area contributed by atoms with Gasteiger partial charge >= 0.3 is 11.9 Å². The minimum atomic E-state index is -2.77. The van der Waals surface area contributed by atoms with Crippen molar-refractivity contribution in [2.45, 2.75) is 44.1 Å². The first kappa shape index (κ1) is 15.3. The number of rotatable bonds is 5. The van der Waals surface area contributed by atoms with Gasteiger partial charge in [0.05, 0.1) is 6.42 Å². The van der Waals surface area contributed by atoms with Crippen LogP contribution in [0.1, 0.15) is 32.1 Å². The molecule has 0 aromatic carbocycles. The highest BCUT2D eigenvalue weighted by Crippen LogP contribution is 2.36. The molecular formula is C11H15F2NO5. The van der Waals surface area contributed by atoms with Crippen molar-refractivity contribution in [3.63, 3.8) is 0 Å². The van der Waals surface area contributed by atoms with Gasteiger partial charge in [0.1, 0.15) is 6.04 Å². The minimum Gasteiger partial charge on any atom is -0.481 e. The van der Waals surface area contributed by atoms with Gasteiger partial charge in [0.2, 0.25) is 11.8 Å². The van der Waals surface area contributed by atoms with Crippen LogP contribution in [0.4, 0.5) is 8.78 Å². The lowest BCUT2D eigenvalue weighted by atomic mass is 9.86. The van der Waals surface area contributed by atoms with Crippen LogP contribution in [0.3, 0.4) is 0 Å². The molecule has 0 bridgehead atoms. The van der Waals surface area contributed by atoms with Crippen molar-refractivity contribution in [1.29, 1.82) is 0 Å². The van der Waals surface area contributed by atoms with Gasteiger partial charge in [-0.15, -0.1) is 0 Å². The molecule has 1 rings (SSSR count). The maximum atomic E-state index is 12.9. The topological polar surface area (TPSA) is 104 Å². The first-order valence-corrected chi connectivity index (χ1v) is 5.84. The van der Waals surface area contributed by atoms with Gasteiger partial charge in [0.15, 0.2) is 0 Å². The number of aliphatic carboxylic acids is 2. The summed E-state index contributed by atoms with van der Waals surface area (Å²) >= 11 is 0. The minimum absolute atomic E-state index is 0.0295. The molecule has 1 atom stereocenters. The molecular weight excluding hydrogens is 264 g/mol. The van der Waals surface area contributed by atoms with Gasteiger partial charge in [0, 0.05) is 18.8 Å². The zero-order chi connectivity index (χ0) is 14.6. The number of carbonyl (C=O) groups excluding carboxylic acids is 1. The Balaban J connectivity index is 2.53. The molecule has 8 heteroatoms. The van der Waals surface area contributed by atoms with Gasteiger partial charge in [-0.3, -0.25) is 9.59 Å². The van der Waals surface area contributed by atoms with E-state index in [1.807, 2.05) is 0 Å². The SMILES string of the molecule is O=C(O)CC(NC(=O)C1CCC(F)(F)CC1)C(=O)O. The molecule has 0 aliphatic heterocycles. The molecule has 19 heavy (non-hydrogen) atoms. The smallest absolute Gasteiger partial charge is 0.326 e. The summed E-state index contributed by atoms with van der Waals surface area (Å²) in [5.74, 6) is -6.96. The van der Waals surface area contributed by atoms with Crippen molar-refractivity contribution in [2.75, 3.05) is 0 Å². The molecule has 0 aromatic rings. The first-order valence-electron chi connectivity index (χ1n) is 5.84. The average molecular weight is 279 g/mol. The molecule has 6 nitrogen and oxygen atoms in total. The quantitative estimate of drug-likeness (QED) is 0.692. The number of alkyl halides is 2. The Morgan fingerprint density at radius 1 is 1.21 bits per heavy atom. The van der Waals surface area contributed by atoms with Crippen LogP contribution in [0.15, 0.2) is 0 Å². The van der Waals surface area contributed by atoms with Crippen LogP contribution in [0.2, 0.25) is 0 Å². The zero-order valence-corrected chi connectivity index (χ0v) is 10.1. The van der Waals surface area contributed by atoms with Gasteiger partial charge in [0.25, 0.3) is 0 Å². The van der Waals surface area contributed by atoms with Crippen molar-refractivity contribution < 1.29 is 33.4 Å². The number of carbonyl (C=O) groups is 3. The van der Waals surface area contributed by atoms with Crippen LogP contribution in [-0.4, -0.2) is 40.0 Å². The molecule has 1 saturated carbocycles. The monoisotopic (exact) mass is 279 g/mol. The largest absolute Gasteiger partial charge is 0.481 e. The van der Waals surface area contributed by atoms with E-state index >= 15 is 0 Å². The standard InChI is InChI=1S/C11H15F2NO5/c12-11(13)3-1-6(2-4-11)9(17)14-7(10(18)19)5-8(15)16/h6-7H,1-5H2,(H,14,17)(H,15,16)(H,18,19). The lowest BCUT2D eigenvalue weighted by Gasteiger charge is -2.28. The summed E-state index contributed by atoms with van der Waals surface area (Å²) in [6, 6.07) is -1.53. The third kappa shape index (κ3) is 4.80. The predicted molar refractivity (Wildman–Crippen MR) is 58.7 cm³/mol. The Bertz CT molecular complexity index is 375. The molecule has 1 aliphatic rings. The molecule has 0 spiro atoms. The molecule has 108 valence electrons. The molecule has 1 unspecified atom stereocenters. The maximum absolute atomic E-state index is 12.9. The van der Waals surface area contributed by atoms with E-state index in [1.165, 1.54) is 0 Å². The van der Waals surface area contributed by atoms with E-state index in [-0.39, 0.29) is 12.8 Å². The number of carboxylic acid groups (broad SMARTS) is 2. The average Bonchev–Trinajstić information content (AvgIpc) is 2.27. The van der Waals surface area contributed by atoms with Gasteiger partial charge in [-0.25, -0.2) is 13.6 Å². The van der Waals surface area contributed by atoms with Crippen LogP contribution in [0, 0.1) is 5.92 Å². The summed E-state index contributed by atoms with van der Waals surface area (Å²) in [6.45, 7) is 0. The van der Waals surface area contributed by atoms with E-state index in [9.17, 15) is 23.2 Å². The summed E-state index contributed by atoms with van der Waals surface area (Å²) in [6.07, 6.45) is -1.63. The molecule has 1 amide bonds. The van der Waals surface area contributed by atoms with E-state index < -0.39 is 55.0 Å². The van der Waals surface area contributed by atoms with Crippen LogP contribution in [0.25, 0.3) is 0 Å². The summed E-state index contributed by atoms with van der Waals surface area (Å²) < 4.78 is 25.8. The predicted octanol–water partition coefficient (Wildman–Crippen LogP) is 0.856. The molecule has 1 fully saturated rings. The second-order valence-corrected chi connectivity index (χ2v) is 4.63. The fourth-order valence-electron chi connectivity index (χ4n) is 1.97. The maximum Gasteiger partial charge on any atom is 0.326 e. The highest BCUT2D eigenvalue weighted by atomic mass is 19.3. The van der Waals surface area contributed by atoms with Crippen molar-refractivity contribution in [2.24, 2.45) is 5.92 Å². The molecule has 3 N–H and O–H groups in total. The Morgan fingerprint density at radius 2 is 1.74 bits per heavy atom. The summed E-state index contributed by atoms with van der Waals surface area (Å²) in [5, 5.41) is 19.3. The zero-order valence-electron chi connectivity index (χ0n) is 10.1. The van der Waals surface area contributed by atoms with E-state index in [0.29, 0.717) is 0 Å². The summed E-state index contributed by atoms with van der Waals surface area (Å²) in [5.41, 5.74) is 0. The number of halogens is 2. The van der Waals surface area contributed by atoms with Crippen molar-refractivity contribution in [1.82, 2.24) is 5.32 Å². The fourth-order valence-corrected chi connectivity index (χ4v) is 1.97. The molecule has 0 aromatic heterocycles. The molecule has 0 heterocycles. The van der Waals surface area contributed by atoms with E-state index in [1.54, 1.807) is 0 Å². The van der Waals surface area contributed by atoms with E-state index in [4.69, 9.17) is 10.2 Å². The second-order valence-electron chi connectivity index (χ2n) is 4.63. The van der Waals surface area contributed by atoms with Crippen LogP contribution < -0.4 is 5.32 Å².